The van der Waals surface area contributed by atoms with E-state index in [0.717, 1.165) is 0 Å². The number of ether oxygens (including phenoxy) is 1. The van der Waals surface area contributed by atoms with Crippen molar-refractivity contribution < 1.29 is 19.2 Å². The minimum Gasteiger partial charge on any atom is -0.460 e. The van der Waals surface area contributed by atoms with Crippen LogP contribution in [0.2, 0.25) is 0 Å². The van der Waals surface area contributed by atoms with Gasteiger partial charge < -0.3 is 9.64 Å². The molecule has 3 aromatic rings. The van der Waals surface area contributed by atoms with Crippen molar-refractivity contribution in [2.24, 2.45) is 0 Å². The average Bonchev–Trinajstić information content (AvgIpc) is 3.16. The van der Waals surface area contributed by atoms with Gasteiger partial charge in [0.2, 0.25) is 0 Å². The number of nitro benzene ring substituents is 1. The Hall–Kier alpha value is -3.92. The summed E-state index contributed by atoms with van der Waals surface area (Å²) >= 11 is 0. The fourth-order valence-corrected chi connectivity index (χ4v) is 2.95. The first-order chi connectivity index (χ1) is 14.8. The number of hydrogen-bond acceptors (Lipinski definition) is 8. The molecule has 3 rings (SSSR count). The first-order valence-electron chi connectivity index (χ1n) is 9.48. The summed E-state index contributed by atoms with van der Waals surface area (Å²) in [5.41, 5.74) is 0.479. The van der Waals surface area contributed by atoms with Gasteiger partial charge in [-0.05, 0) is 27.1 Å². The van der Waals surface area contributed by atoms with Crippen molar-refractivity contribution in [1.29, 1.82) is 0 Å². The Labute approximate surface area is 178 Å². The van der Waals surface area contributed by atoms with Crippen LogP contribution < -0.4 is 0 Å². The highest BCUT2D eigenvalue weighted by molar-refractivity contribution is 6.11. The number of benzene rings is 2. The second-order valence-corrected chi connectivity index (χ2v) is 6.88. The maximum Gasteiger partial charge on any atom is 0.378 e. The lowest BCUT2D eigenvalue weighted by atomic mass is 10.0. The molecule has 1 aromatic heterocycles. The lowest BCUT2D eigenvalue weighted by Crippen LogP contribution is -2.17. The van der Waals surface area contributed by atoms with Crippen LogP contribution in [0.15, 0.2) is 48.5 Å². The number of carbonyl (C=O) groups is 2. The number of hydrogen-bond donors (Lipinski definition) is 0. The van der Waals surface area contributed by atoms with E-state index in [-0.39, 0.29) is 29.4 Å². The van der Waals surface area contributed by atoms with Crippen LogP contribution in [0.5, 0.6) is 0 Å². The van der Waals surface area contributed by atoms with Crippen molar-refractivity contribution in [3.8, 4) is 5.69 Å². The Morgan fingerprint density at radius 1 is 1.16 bits per heavy atom. The molecular formula is C21H21N5O5. The summed E-state index contributed by atoms with van der Waals surface area (Å²) in [5.74, 6) is -0.887. The molecule has 0 aliphatic carbocycles. The molecule has 0 fully saturated rings. The third kappa shape index (κ3) is 4.81. The summed E-state index contributed by atoms with van der Waals surface area (Å²) in [7, 11) is 3.63. The summed E-state index contributed by atoms with van der Waals surface area (Å²) in [6.07, 6.45) is 0. The molecule has 0 radical (unpaired) electrons. The molecule has 2 aromatic carbocycles. The molecule has 0 aliphatic rings. The molecule has 0 N–H and O–H groups in total. The number of nitro groups is 1. The second-order valence-electron chi connectivity index (χ2n) is 6.88. The third-order valence-corrected chi connectivity index (χ3v) is 4.29. The number of esters is 1. The van der Waals surface area contributed by atoms with E-state index in [1.807, 2.05) is 19.0 Å². The normalized spacial score (nSPS) is 10.8. The van der Waals surface area contributed by atoms with Gasteiger partial charge in [-0.3, -0.25) is 14.9 Å². The number of rotatable bonds is 8. The van der Waals surface area contributed by atoms with Crippen LogP contribution in [-0.4, -0.2) is 57.0 Å². The van der Waals surface area contributed by atoms with Gasteiger partial charge in [0.1, 0.15) is 5.82 Å². The predicted octanol–water partition coefficient (Wildman–Crippen LogP) is 2.64. The van der Waals surface area contributed by atoms with Gasteiger partial charge in [0.25, 0.3) is 11.5 Å². The van der Waals surface area contributed by atoms with E-state index in [4.69, 9.17) is 4.74 Å². The third-order valence-electron chi connectivity index (χ3n) is 4.29. The van der Waals surface area contributed by atoms with Crippen LogP contribution in [0.1, 0.15) is 39.3 Å². The highest BCUT2D eigenvalue weighted by atomic mass is 16.6. The predicted molar refractivity (Wildman–Crippen MR) is 111 cm³/mol. The summed E-state index contributed by atoms with van der Waals surface area (Å²) in [5, 5.41) is 15.6. The molecule has 0 atom stereocenters. The largest absolute Gasteiger partial charge is 0.460 e. The van der Waals surface area contributed by atoms with Gasteiger partial charge in [0.05, 0.1) is 29.3 Å². The van der Waals surface area contributed by atoms with Crippen molar-refractivity contribution in [3.05, 3.63) is 81.4 Å². The highest BCUT2D eigenvalue weighted by Gasteiger charge is 2.24. The van der Waals surface area contributed by atoms with E-state index in [9.17, 15) is 19.7 Å². The minimum atomic E-state index is -0.695. The quantitative estimate of drug-likeness (QED) is 0.235. The van der Waals surface area contributed by atoms with Crippen LogP contribution in [0.25, 0.3) is 5.69 Å². The topological polar surface area (TPSA) is 120 Å². The zero-order chi connectivity index (χ0) is 22.5. The van der Waals surface area contributed by atoms with Gasteiger partial charge in [-0.1, -0.05) is 30.3 Å². The van der Waals surface area contributed by atoms with Crippen LogP contribution in [0.4, 0.5) is 5.69 Å². The second kappa shape index (κ2) is 9.26. The SMILES string of the molecule is CCOC(=O)c1nc(CN(C)C)n(-c2ccc([N+](=O)[O-])cc2C(=O)c2ccccc2)n1. The lowest BCUT2D eigenvalue weighted by molar-refractivity contribution is -0.384. The number of carbonyl (C=O) groups excluding carboxylic acids is 2. The van der Waals surface area contributed by atoms with Crippen LogP contribution in [0.3, 0.4) is 0 Å². The van der Waals surface area contributed by atoms with E-state index in [1.54, 1.807) is 37.3 Å². The molecule has 0 bridgehead atoms. The van der Waals surface area contributed by atoms with E-state index < -0.39 is 16.7 Å². The van der Waals surface area contributed by atoms with E-state index in [2.05, 4.69) is 10.1 Å². The van der Waals surface area contributed by atoms with Crippen molar-refractivity contribution in [2.45, 2.75) is 13.5 Å². The smallest absolute Gasteiger partial charge is 0.378 e. The fraction of sp³-hybridized carbons (Fsp3) is 0.238. The van der Waals surface area contributed by atoms with Crippen molar-refractivity contribution in [3.63, 3.8) is 0 Å². The first kappa shape index (κ1) is 21.8. The van der Waals surface area contributed by atoms with E-state index in [1.165, 1.54) is 22.9 Å². The average molecular weight is 423 g/mol. The molecule has 160 valence electrons. The summed E-state index contributed by atoms with van der Waals surface area (Å²) < 4.78 is 6.34. The van der Waals surface area contributed by atoms with Gasteiger partial charge >= 0.3 is 5.97 Å². The molecule has 0 unspecified atom stereocenters. The van der Waals surface area contributed by atoms with E-state index >= 15 is 0 Å². The van der Waals surface area contributed by atoms with Crippen LogP contribution >= 0.6 is 0 Å². The molecule has 10 heteroatoms. The lowest BCUT2D eigenvalue weighted by Gasteiger charge is -2.13. The zero-order valence-corrected chi connectivity index (χ0v) is 17.3. The fourth-order valence-electron chi connectivity index (χ4n) is 2.95. The molecule has 10 nitrogen and oxygen atoms in total. The van der Waals surface area contributed by atoms with Crippen LogP contribution in [-0.2, 0) is 11.3 Å². The Morgan fingerprint density at radius 3 is 2.48 bits per heavy atom. The van der Waals surface area contributed by atoms with E-state index in [0.29, 0.717) is 17.9 Å². The van der Waals surface area contributed by atoms with Crippen molar-refractivity contribution >= 4 is 17.4 Å². The van der Waals surface area contributed by atoms with Crippen molar-refractivity contribution in [2.75, 3.05) is 20.7 Å². The van der Waals surface area contributed by atoms with Gasteiger partial charge in [0, 0.05) is 17.7 Å². The van der Waals surface area contributed by atoms with Crippen molar-refractivity contribution in [1.82, 2.24) is 19.7 Å². The standard InChI is InChI=1S/C21H21N5O5/c1-4-31-21(28)20-22-18(13-24(2)3)25(23-20)17-11-10-15(26(29)30)12-16(17)19(27)14-8-6-5-7-9-14/h5-12H,4,13H2,1-3H3. The zero-order valence-electron chi connectivity index (χ0n) is 17.3. The number of non-ortho nitro benzene ring substituents is 1. The van der Waals surface area contributed by atoms with Gasteiger partial charge in [-0.2, -0.15) is 0 Å². The number of ketones is 1. The highest BCUT2D eigenvalue weighted by Crippen LogP contribution is 2.25. The summed E-state index contributed by atoms with van der Waals surface area (Å²) in [6, 6.07) is 12.3. The first-order valence-corrected chi connectivity index (χ1v) is 9.48. The molecule has 31 heavy (non-hydrogen) atoms. The Bertz CT molecular complexity index is 1120. The molecular weight excluding hydrogens is 402 g/mol. The molecule has 1 heterocycles. The molecule has 0 amide bonds. The number of aromatic nitrogens is 3. The van der Waals surface area contributed by atoms with Gasteiger partial charge in [0.15, 0.2) is 5.78 Å². The molecule has 0 saturated carbocycles. The van der Waals surface area contributed by atoms with Gasteiger partial charge in [-0.15, -0.1) is 5.10 Å². The molecule has 0 aliphatic heterocycles. The Morgan fingerprint density at radius 2 is 1.87 bits per heavy atom. The van der Waals surface area contributed by atoms with Gasteiger partial charge in [-0.25, -0.2) is 14.5 Å². The monoisotopic (exact) mass is 423 g/mol. The Kier molecular flexibility index (Phi) is 6.51. The minimum absolute atomic E-state index is 0.0701. The van der Waals surface area contributed by atoms with Crippen LogP contribution in [0, 0.1) is 10.1 Å². The maximum absolute atomic E-state index is 13.2. The maximum atomic E-state index is 13.2. The Balaban J connectivity index is 2.20. The number of nitrogens with zero attached hydrogens (tertiary/aromatic N) is 5. The summed E-state index contributed by atoms with van der Waals surface area (Å²) in [4.78, 5) is 42.2. The molecule has 0 spiro atoms. The molecule has 0 saturated heterocycles. The summed E-state index contributed by atoms with van der Waals surface area (Å²) in [6.45, 7) is 2.14.